The molecule has 2 aliphatic rings. The van der Waals surface area contributed by atoms with Gasteiger partial charge in [0.15, 0.2) is 11.6 Å². The van der Waals surface area contributed by atoms with Crippen LogP contribution in [0.2, 0.25) is 0 Å². The lowest BCUT2D eigenvalue weighted by Gasteiger charge is -2.40. The predicted molar refractivity (Wildman–Crippen MR) is 105 cm³/mol. The number of rotatable bonds is 5. The van der Waals surface area contributed by atoms with E-state index in [1.807, 2.05) is 6.07 Å². The van der Waals surface area contributed by atoms with Gasteiger partial charge in [0, 0.05) is 24.3 Å². The SMILES string of the molecule is COc1cccc(C(=O)N[C@H]2C[C@H]3CC[C@@H](C2)N3c2ccc(C(N)=O)cn2)c1F. The number of hydrogen-bond donors (Lipinski definition) is 2. The molecule has 1 aromatic heterocycles. The van der Waals surface area contributed by atoms with Gasteiger partial charge in [0.1, 0.15) is 5.82 Å². The summed E-state index contributed by atoms with van der Waals surface area (Å²) in [7, 11) is 1.37. The number of ether oxygens (including phenoxy) is 1. The smallest absolute Gasteiger partial charge is 0.254 e. The molecular weight excluding hydrogens is 375 g/mol. The quantitative estimate of drug-likeness (QED) is 0.805. The Morgan fingerprint density at radius 2 is 1.93 bits per heavy atom. The second-order valence-electron chi connectivity index (χ2n) is 7.53. The molecule has 1 aromatic carbocycles. The van der Waals surface area contributed by atoms with Gasteiger partial charge in [0.05, 0.1) is 18.2 Å². The Bertz CT molecular complexity index is 920. The summed E-state index contributed by atoms with van der Waals surface area (Å²) in [4.78, 5) is 30.5. The molecule has 152 valence electrons. The fourth-order valence-electron chi connectivity index (χ4n) is 4.46. The van der Waals surface area contributed by atoms with Crippen molar-refractivity contribution in [1.82, 2.24) is 10.3 Å². The lowest BCUT2D eigenvalue weighted by molar-refractivity contribution is 0.0921. The maximum Gasteiger partial charge on any atom is 0.254 e. The molecule has 0 aliphatic carbocycles. The number of fused-ring (bicyclic) bond motifs is 2. The van der Waals surface area contributed by atoms with Gasteiger partial charge in [0.25, 0.3) is 5.91 Å². The summed E-state index contributed by atoms with van der Waals surface area (Å²) >= 11 is 0. The Morgan fingerprint density at radius 1 is 1.21 bits per heavy atom. The standard InChI is InChI=1S/C21H23FN4O3/c1-29-17-4-2-3-16(19(17)22)21(28)25-13-9-14-6-7-15(10-13)26(14)18-8-5-12(11-24-18)20(23)27/h2-5,8,11,13-15H,6-7,9-10H2,1H3,(H2,23,27)(H,25,28)/t13-,14+,15-. The first-order valence-corrected chi connectivity index (χ1v) is 9.65. The number of nitrogens with two attached hydrogens (primary N) is 1. The summed E-state index contributed by atoms with van der Waals surface area (Å²) in [6.07, 6.45) is 5.02. The minimum Gasteiger partial charge on any atom is -0.494 e. The zero-order valence-corrected chi connectivity index (χ0v) is 16.1. The van der Waals surface area contributed by atoms with Gasteiger partial charge in [0.2, 0.25) is 5.91 Å². The van der Waals surface area contributed by atoms with Crippen LogP contribution >= 0.6 is 0 Å². The lowest BCUT2D eigenvalue weighted by Crippen LogP contribution is -2.50. The number of primary amides is 1. The second-order valence-corrected chi connectivity index (χ2v) is 7.53. The van der Waals surface area contributed by atoms with Gasteiger partial charge in [-0.15, -0.1) is 0 Å². The molecule has 2 saturated heterocycles. The molecule has 0 spiro atoms. The molecule has 29 heavy (non-hydrogen) atoms. The molecule has 0 saturated carbocycles. The van der Waals surface area contributed by atoms with E-state index in [0.717, 1.165) is 31.5 Å². The van der Waals surface area contributed by atoms with Gasteiger partial charge < -0.3 is 20.7 Å². The molecule has 4 rings (SSSR count). The van der Waals surface area contributed by atoms with Crippen molar-refractivity contribution in [1.29, 1.82) is 0 Å². The van der Waals surface area contributed by atoms with Crippen molar-refractivity contribution in [2.45, 2.75) is 43.8 Å². The molecular formula is C21H23FN4O3. The molecule has 3 atom stereocenters. The predicted octanol–water partition coefficient (Wildman–Crippen LogP) is 2.26. The van der Waals surface area contributed by atoms with Crippen molar-refractivity contribution in [3.8, 4) is 5.75 Å². The number of carbonyl (C=O) groups excluding carboxylic acids is 2. The van der Waals surface area contributed by atoms with E-state index in [1.54, 1.807) is 12.1 Å². The number of amides is 2. The maximum atomic E-state index is 14.4. The minimum atomic E-state index is -0.647. The van der Waals surface area contributed by atoms with Crippen LogP contribution in [0.3, 0.4) is 0 Å². The third-order valence-electron chi connectivity index (χ3n) is 5.79. The molecule has 3 heterocycles. The van der Waals surface area contributed by atoms with Crippen LogP contribution in [0.25, 0.3) is 0 Å². The highest BCUT2D eigenvalue weighted by atomic mass is 19.1. The topological polar surface area (TPSA) is 97.5 Å². The Morgan fingerprint density at radius 3 is 2.52 bits per heavy atom. The van der Waals surface area contributed by atoms with Gasteiger partial charge in [-0.2, -0.15) is 0 Å². The van der Waals surface area contributed by atoms with Gasteiger partial charge in [-0.25, -0.2) is 9.37 Å². The second kappa shape index (κ2) is 7.69. The fraction of sp³-hybridized carbons (Fsp3) is 0.381. The number of halogens is 1. The van der Waals surface area contributed by atoms with Gasteiger partial charge in [-0.05, 0) is 49.9 Å². The third kappa shape index (κ3) is 3.62. The number of methoxy groups -OCH3 is 1. The lowest BCUT2D eigenvalue weighted by atomic mass is 9.96. The number of nitrogens with zero attached hydrogens (tertiary/aromatic N) is 2. The number of aromatic nitrogens is 1. The highest BCUT2D eigenvalue weighted by Gasteiger charge is 2.42. The van der Waals surface area contributed by atoms with Crippen LogP contribution in [0.1, 0.15) is 46.4 Å². The Hall–Kier alpha value is -3.16. The summed E-state index contributed by atoms with van der Waals surface area (Å²) in [5, 5.41) is 2.98. The molecule has 2 bridgehead atoms. The molecule has 7 nitrogen and oxygen atoms in total. The summed E-state index contributed by atoms with van der Waals surface area (Å²) in [6.45, 7) is 0. The fourth-order valence-corrected chi connectivity index (χ4v) is 4.46. The number of hydrogen-bond acceptors (Lipinski definition) is 5. The van der Waals surface area contributed by atoms with Gasteiger partial charge in [-0.3, -0.25) is 9.59 Å². The molecule has 2 amide bonds. The van der Waals surface area contributed by atoms with Crippen molar-refractivity contribution < 1.29 is 18.7 Å². The molecule has 2 fully saturated rings. The van der Waals surface area contributed by atoms with Crippen LogP contribution in [0.15, 0.2) is 36.5 Å². The molecule has 3 N–H and O–H groups in total. The van der Waals surface area contributed by atoms with Gasteiger partial charge >= 0.3 is 0 Å². The summed E-state index contributed by atoms with van der Waals surface area (Å²) in [5.41, 5.74) is 5.65. The van der Waals surface area contributed by atoms with Crippen LogP contribution in [-0.2, 0) is 0 Å². The first-order chi connectivity index (χ1) is 14.0. The van der Waals surface area contributed by atoms with Gasteiger partial charge in [-0.1, -0.05) is 6.07 Å². The first kappa shape index (κ1) is 19.2. The zero-order chi connectivity index (χ0) is 20.5. The third-order valence-corrected chi connectivity index (χ3v) is 5.79. The molecule has 2 aliphatic heterocycles. The van der Waals surface area contributed by atoms with Crippen LogP contribution in [0.5, 0.6) is 5.75 Å². The highest BCUT2D eigenvalue weighted by Crippen LogP contribution is 2.38. The normalized spacial score (nSPS) is 23.0. The van der Waals surface area contributed by atoms with Crippen molar-refractivity contribution in [3.63, 3.8) is 0 Å². The maximum absolute atomic E-state index is 14.4. The molecule has 0 unspecified atom stereocenters. The van der Waals surface area contributed by atoms with Crippen LogP contribution in [0.4, 0.5) is 10.2 Å². The molecule has 8 heteroatoms. The Kier molecular flexibility index (Phi) is 5.08. The van der Waals surface area contributed by atoms with Crippen LogP contribution in [0, 0.1) is 5.82 Å². The average molecular weight is 398 g/mol. The van der Waals surface area contributed by atoms with Crippen molar-refractivity contribution in [2.75, 3.05) is 12.0 Å². The number of nitrogens with one attached hydrogen (secondary N) is 1. The van der Waals surface area contributed by atoms with Crippen LogP contribution in [-0.4, -0.2) is 42.0 Å². The average Bonchev–Trinajstić information content (AvgIpc) is 2.98. The van der Waals surface area contributed by atoms with E-state index in [9.17, 15) is 14.0 Å². The van der Waals surface area contributed by atoms with Crippen molar-refractivity contribution >= 4 is 17.6 Å². The summed E-state index contributed by atoms with van der Waals surface area (Å²) in [5.74, 6) is -0.711. The Labute approximate surface area is 168 Å². The van der Waals surface area contributed by atoms with Crippen molar-refractivity contribution in [2.24, 2.45) is 5.73 Å². The van der Waals surface area contributed by atoms with E-state index in [2.05, 4.69) is 15.2 Å². The van der Waals surface area contributed by atoms with E-state index in [-0.39, 0.29) is 29.4 Å². The number of anilines is 1. The molecule has 0 radical (unpaired) electrons. The molecule has 2 aromatic rings. The van der Waals surface area contributed by atoms with E-state index >= 15 is 0 Å². The summed E-state index contributed by atoms with van der Waals surface area (Å²) in [6, 6.07) is 8.49. The summed E-state index contributed by atoms with van der Waals surface area (Å²) < 4.78 is 19.3. The Balaban J connectivity index is 1.45. The number of carbonyl (C=O) groups is 2. The largest absolute Gasteiger partial charge is 0.494 e. The van der Waals surface area contributed by atoms with E-state index < -0.39 is 17.6 Å². The monoisotopic (exact) mass is 398 g/mol. The number of piperidine rings is 1. The number of benzene rings is 1. The minimum absolute atomic E-state index is 0.0113. The van der Waals surface area contributed by atoms with Crippen LogP contribution < -0.4 is 20.7 Å². The highest BCUT2D eigenvalue weighted by molar-refractivity contribution is 5.95. The number of pyridine rings is 1. The van der Waals surface area contributed by atoms with E-state index in [1.165, 1.54) is 25.4 Å². The van der Waals surface area contributed by atoms with E-state index in [4.69, 9.17) is 10.5 Å². The zero-order valence-electron chi connectivity index (χ0n) is 16.1. The van der Waals surface area contributed by atoms with Crippen molar-refractivity contribution in [3.05, 3.63) is 53.5 Å². The van der Waals surface area contributed by atoms with E-state index in [0.29, 0.717) is 5.56 Å². The first-order valence-electron chi connectivity index (χ1n) is 9.65.